The Balaban J connectivity index is 2.19. The topological polar surface area (TPSA) is 20.2 Å². The van der Waals surface area contributed by atoms with Crippen molar-refractivity contribution in [3.05, 3.63) is 35.4 Å². The average molecular weight is 246 g/mol. The van der Waals surface area contributed by atoms with Gasteiger partial charge in [0.05, 0.1) is 5.60 Å². The molecule has 1 aliphatic carbocycles. The van der Waals surface area contributed by atoms with E-state index in [1.165, 1.54) is 11.1 Å². The van der Waals surface area contributed by atoms with Crippen LogP contribution in [0, 0.1) is 5.41 Å². The zero-order valence-corrected chi connectivity index (χ0v) is 12.5. The largest absolute Gasteiger partial charge is 0.389 e. The number of hydrogen-bond acceptors (Lipinski definition) is 1. The van der Waals surface area contributed by atoms with Gasteiger partial charge in [-0.1, -0.05) is 65.8 Å². The second kappa shape index (κ2) is 3.84. The smallest absolute Gasteiger partial charge is 0.0771 e. The number of rotatable bonds is 1. The lowest BCUT2D eigenvalue weighted by Gasteiger charge is -2.27. The summed E-state index contributed by atoms with van der Waals surface area (Å²) in [5.74, 6) is 0.312. The van der Waals surface area contributed by atoms with Crippen molar-refractivity contribution in [2.24, 2.45) is 5.41 Å². The van der Waals surface area contributed by atoms with E-state index < -0.39 is 5.60 Å². The Hall–Kier alpha value is -0.820. The van der Waals surface area contributed by atoms with E-state index in [1.54, 1.807) is 0 Å². The van der Waals surface area contributed by atoms with Crippen LogP contribution in [0.5, 0.6) is 0 Å². The molecule has 0 radical (unpaired) electrons. The molecule has 0 amide bonds. The molecule has 1 N–H and O–H groups in total. The fourth-order valence-corrected chi connectivity index (χ4v) is 2.69. The van der Waals surface area contributed by atoms with Gasteiger partial charge in [0.25, 0.3) is 0 Å². The summed E-state index contributed by atoms with van der Waals surface area (Å²) in [5.41, 5.74) is 2.27. The van der Waals surface area contributed by atoms with Gasteiger partial charge in [0.1, 0.15) is 0 Å². The first-order chi connectivity index (χ1) is 8.06. The van der Waals surface area contributed by atoms with Gasteiger partial charge < -0.3 is 5.11 Å². The van der Waals surface area contributed by atoms with Crippen LogP contribution in [0.2, 0.25) is 0 Å². The normalized spacial score (nSPS) is 28.3. The maximum atomic E-state index is 10.6. The molecular weight excluding hydrogens is 220 g/mol. The Morgan fingerprint density at radius 2 is 1.50 bits per heavy atom. The lowest BCUT2D eigenvalue weighted by Crippen LogP contribution is -2.29. The predicted molar refractivity (Wildman–Crippen MR) is 76.9 cm³/mol. The first kappa shape index (κ1) is 13.6. The quantitative estimate of drug-likeness (QED) is 0.785. The highest BCUT2D eigenvalue weighted by Gasteiger charge is 2.60. The summed E-state index contributed by atoms with van der Waals surface area (Å²) in [7, 11) is 0. The van der Waals surface area contributed by atoms with Gasteiger partial charge in [0.15, 0.2) is 0 Å². The molecule has 100 valence electrons. The second-order valence-corrected chi connectivity index (χ2v) is 7.80. The second-order valence-electron chi connectivity index (χ2n) is 7.80. The van der Waals surface area contributed by atoms with E-state index >= 15 is 0 Å². The third kappa shape index (κ3) is 2.21. The van der Waals surface area contributed by atoms with Gasteiger partial charge in [0.2, 0.25) is 0 Å². The van der Waals surface area contributed by atoms with Crippen molar-refractivity contribution >= 4 is 0 Å². The van der Waals surface area contributed by atoms with Crippen LogP contribution in [0.4, 0.5) is 0 Å². The van der Waals surface area contributed by atoms with Crippen molar-refractivity contribution in [1.82, 2.24) is 0 Å². The Labute approximate surface area is 111 Å². The molecule has 1 aliphatic rings. The van der Waals surface area contributed by atoms with Gasteiger partial charge in [-0.25, -0.2) is 0 Å². The minimum atomic E-state index is -0.518. The van der Waals surface area contributed by atoms with Crippen molar-refractivity contribution in [3.63, 3.8) is 0 Å². The van der Waals surface area contributed by atoms with Gasteiger partial charge in [-0.3, -0.25) is 0 Å². The van der Waals surface area contributed by atoms with Gasteiger partial charge in [-0.05, 0) is 28.4 Å². The first-order valence-electron chi connectivity index (χ1n) is 6.88. The molecule has 2 rings (SSSR count). The molecule has 0 aromatic heterocycles. The monoisotopic (exact) mass is 246 g/mol. The SMILES string of the molecule is CC(C)(C)c1ccc([C@@H]2C[C@]2(O)C(C)(C)C)cc1. The fraction of sp³-hybridized carbons (Fsp3) is 0.647. The zero-order valence-electron chi connectivity index (χ0n) is 12.5. The van der Waals surface area contributed by atoms with Crippen molar-refractivity contribution in [3.8, 4) is 0 Å². The molecule has 0 spiro atoms. The molecule has 1 aromatic carbocycles. The van der Waals surface area contributed by atoms with Crippen LogP contribution in [0.1, 0.15) is 65.0 Å². The van der Waals surface area contributed by atoms with E-state index in [-0.39, 0.29) is 10.8 Å². The van der Waals surface area contributed by atoms with E-state index in [1.807, 2.05) is 0 Å². The number of benzene rings is 1. The molecule has 1 saturated carbocycles. The molecule has 1 fully saturated rings. The summed E-state index contributed by atoms with van der Waals surface area (Å²) >= 11 is 0. The number of aliphatic hydroxyl groups is 1. The Bertz CT molecular complexity index is 430. The Morgan fingerprint density at radius 1 is 1.00 bits per heavy atom. The predicted octanol–water partition coefficient (Wildman–Crippen LogP) is 4.25. The minimum absolute atomic E-state index is 0.0413. The molecule has 2 atom stereocenters. The lowest BCUT2D eigenvalue weighted by atomic mass is 9.83. The fourth-order valence-electron chi connectivity index (χ4n) is 2.69. The standard InChI is InChI=1S/C17H26O/c1-15(2,3)13-9-7-12(8-10-13)14-11-17(14,18)16(4,5)6/h7-10,14,18H,11H2,1-6H3/t14-,17+/m0/s1. The summed E-state index contributed by atoms with van der Waals surface area (Å²) < 4.78 is 0. The van der Waals surface area contributed by atoms with Crippen molar-refractivity contribution in [2.75, 3.05) is 0 Å². The van der Waals surface area contributed by atoms with Crippen LogP contribution in [0.15, 0.2) is 24.3 Å². The van der Waals surface area contributed by atoms with Crippen LogP contribution in [0.25, 0.3) is 0 Å². The summed E-state index contributed by atoms with van der Waals surface area (Å²) in [4.78, 5) is 0. The minimum Gasteiger partial charge on any atom is -0.389 e. The van der Waals surface area contributed by atoms with Crippen LogP contribution in [-0.4, -0.2) is 10.7 Å². The number of hydrogen-bond donors (Lipinski definition) is 1. The Morgan fingerprint density at radius 3 is 1.83 bits per heavy atom. The van der Waals surface area contributed by atoms with E-state index in [0.717, 1.165) is 6.42 Å². The molecule has 0 unspecified atom stereocenters. The average Bonchev–Trinajstić information content (AvgIpc) is 2.91. The van der Waals surface area contributed by atoms with Gasteiger partial charge in [-0.15, -0.1) is 0 Å². The summed E-state index contributed by atoms with van der Waals surface area (Å²) in [6.07, 6.45) is 0.894. The van der Waals surface area contributed by atoms with Crippen LogP contribution in [-0.2, 0) is 5.41 Å². The molecular formula is C17H26O. The molecule has 0 saturated heterocycles. The summed E-state index contributed by atoms with van der Waals surface area (Å²) in [5, 5.41) is 10.6. The molecule has 18 heavy (non-hydrogen) atoms. The maximum absolute atomic E-state index is 10.6. The molecule has 0 heterocycles. The molecule has 0 aliphatic heterocycles. The highest BCUT2D eigenvalue weighted by Crippen LogP contribution is 2.60. The first-order valence-corrected chi connectivity index (χ1v) is 6.88. The van der Waals surface area contributed by atoms with E-state index in [4.69, 9.17) is 0 Å². The van der Waals surface area contributed by atoms with Crippen LogP contribution >= 0.6 is 0 Å². The third-order valence-corrected chi connectivity index (χ3v) is 4.41. The highest BCUT2D eigenvalue weighted by molar-refractivity contribution is 5.36. The summed E-state index contributed by atoms with van der Waals surface area (Å²) in [6, 6.07) is 8.79. The van der Waals surface area contributed by atoms with E-state index in [2.05, 4.69) is 65.8 Å². The lowest BCUT2D eigenvalue weighted by molar-refractivity contribution is 0.0313. The van der Waals surface area contributed by atoms with E-state index in [9.17, 15) is 5.11 Å². The Kier molecular flexibility index (Phi) is 2.90. The summed E-state index contributed by atoms with van der Waals surface area (Å²) in [6.45, 7) is 13.0. The van der Waals surface area contributed by atoms with Crippen LogP contribution < -0.4 is 0 Å². The molecule has 1 heteroatoms. The van der Waals surface area contributed by atoms with Crippen molar-refractivity contribution < 1.29 is 5.11 Å². The molecule has 1 aromatic rings. The van der Waals surface area contributed by atoms with Gasteiger partial charge in [-0.2, -0.15) is 0 Å². The zero-order chi connectivity index (χ0) is 13.8. The molecule has 1 nitrogen and oxygen atoms in total. The van der Waals surface area contributed by atoms with Crippen molar-refractivity contribution in [1.29, 1.82) is 0 Å². The third-order valence-electron chi connectivity index (χ3n) is 4.41. The van der Waals surface area contributed by atoms with Crippen LogP contribution in [0.3, 0.4) is 0 Å². The van der Waals surface area contributed by atoms with Gasteiger partial charge in [0, 0.05) is 5.92 Å². The maximum Gasteiger partial charge on any atom is 0.0771 e. The van der Waals surface area contributed by atoms with E-state index in [0.29, 0.717) is 5.92 Å². The van der Waals surface area contributed by atoms with Gasteiger partial charge >= 0.3 is 0 Å². The molecule has 0 bridgehead atoms. The van der Waals surface area contributed by atoms with Crippen molar-refractivity contribution in [2.45, 2.75) is 64.9 Å². The highest BCUT2D eigenvalue weighted by atomic mass is 16.3.